The highest BCUT2D eigenvalue weighted by Crippen LogP contribution is 2.15. The van der Waals surface area contributed by atoms with Gasteiger partial charge in [0.25, 0.3) is 0 Å². The smallest absolute Gasteiger partial charge is 0.0875 e. The molecular formula is C21H22N4. The lowest BCUT2D eigenvalue weighted by Crippen LogP contribution is -2.14. The van der Waals surface area contributed by atoms with E-state index in [0.717, 1.165) is 41.9 Å². The zero-order chi connectivity index (χ0) is 17.3. The molecule has 0 spiro atoms. The van der Waals surface area contributed by atoms with Crippen molar-refractivity contribution in [2.75, 3.05) is 6.54 Å². The van der Waals surface area contributed by atoms with Crippen molar-refractivity contribution in [1.82, 2.24) is 20.5 Å². The van der Waals surface area contributed by atoms with Gasteiger partial charge in [-0.3, -0.25) is 10.1 Å². The van der Waals surface area contributed by atoms with E-state index < -0.39 is 0 Å². The van der Waals surface area contributed by atoms with E-state index in [1.54, 1.807) is 12.4 Å². The minimum Gasteiger partial charge on any atom is -0.384 e. The molecule has 3 rings (SSSR count). The predicted molar refractivity (Wildman–Crippen MR) is 104 cm³/mol. The van der Waals surface area contributed by atoms with E-state index in [0.29, 0.717) is 0 Å². The van der Waals surface area contributed by atoms with Crippen LogP contribution < -0.4 is 5.32 Å². The van der Waals surface area contributed by atoms with Crippen molar-refractivity contribution >= 4 is 17.8 Å². The summed E-state index contributed by atoms with van der Waals surface area (Å²) in [5.41, 5.74) is 5.19. The van der Waals surface area contributed by atoms with Gasteiger partial charge in [-0.15, -0.1) is 0 Å². The van der Waals surface area contributed by atoms with Crippen molar-refractivity contribution in [3.63, 3.8) is 0 Å². The van der Waals surface area contributed by atoms with Crippen LogP contribution in [0.3, 0.4) is 0 Å². The average molecular weight is 330 g/mol. The van der Waals surface area contributed by atoms with Gasteiger partial charge < -0.3 is 5.32 Å². The summed E-state index contributed by atoms with van der Waals surface area (Å²) < 4.78 is 0. The van der Waals surface area contributed by atoms with E-state index in [9.17, 15) is 0 Å². The summed E-state index contributed by atoms with van der Waals surface area (Å²) in [4.78, 5) is 4.11. The molecule has 0 aliphatic carbocycles. The number of aryl methyl sites for hydroxylation is 1. The lowest BCUT2D eigenvalue weighted by Gasteiger charge is -2.09. The van der Waals surface area contributed by atoms with Crippen molar-refractivity contribution in [2.24, 2.45) is 0 Å². The Labute approximate surface area is 148 Å². The van der Waals surface area contributed by atoms with Crippen molar-refractivity contribution in [3.05, 3.63) is 90.0 Å². The molecule has 0 unspecified atom stereocenters. The zero-order valence-electron chi connectivity index (χ0n) is 14.2. The van der Waals surface area contributed by atoms with Crippen molar-refractivity contribution in [3.8, 4) is 0 Å². The Bertz CT molecular complexity index is 819. The van der Waals surface area contributed by atoms with E-state index in [2.05, 4.69) is 51.3 Å². The Morgan fingerprint density at radius 1 is 1.08 bits per heavy atom. The maximum absolute atomic E-state index is 4.14. The van der Waals surface area contributed by atoms with Gasteiger partial charge >= 0.3 is 0 Å². The molecule has 3 aromatic rings. The monoisotopic (exact) mass is 330 g/mol. The van der Waals surface area contributed by atoms with Crippen LogP contribution in [0.5, 0.6) is 0 Å². The third kappa shape index (κ3) is 4.91. The fourth-order valence-electron chi connectivity index (χ4n) is 2.59. The van der Waals surface area contributed by atoms with Crippen molar-refractivity contribution < 1.29 is 0 Å². The van der Waals surface area contributed by atoms with Crippen LogP contribution in [-0.2, 0) is 6.42 Å². The Hall–Kier alpha value is -3.14. The first-order chi connectivity index (χ1) is 12.3. The SMILES string of the molecule is C=C(NCCCc1ccccc1)c1[nH]ncc1/C=C/c1cccnc1. The molecule has 0 saturated heterocycles. The van der Waals surface area contributed by atoms with Gasteiger partial charge in [0.05, 0.1) is 17.6 Å². The summed E-state index contributed by atoms with van der Waals surface area (Å²) in [5, 5.41) is 10.5. The molecule has 0 saturated carbocycles. The maximum atomic E-state index is 4.14. The minimum absolute atomic E-state index is 0.858. The fourth-order valence-corrected chi connectivity index (χ4v) is 2.59. The number of hydrogen-bond acceptors (Lipinski definition) is 3. The number of H-pyrrole nitrogens is 1. The van der Waals surface area contributed by atoms with Gasteiger partial charge in [-0.1, -0.05) is 55.1 Å². The minimum atomic E-state index is 0.858. The summed E-state index contributed by atoms with van der Waals surface area (Å²) in [6.45, 7) is 5.00. The topological polar surface area (TPSA) is 53.6 Å². The molecule has 2 heterocycles. The largest absolute Gasteiger partial charge is 0.384 e. The average Bonchev–Trinajstić information content (AvgIpc) is 3.14. The number of benzene rings is 1. The molecule has 0 aliphatic rings. The van der Waals surface area contributed by atoms with Crippen LogP contribution in [0.2, 0.25) is 0 Å². The Kier molecular flexibility index (Phi) is 5.77. The maximum Gasteiger partial charge on any atom is 0.0875 e. The van der Waals surface area contributed by atoms with Gasteiger partial charge in [0.2, 0.25) is 0 Å². The van der Waals surface area contributed by atoms with E-state index >= 15 is 0 Å². The molecule has 0 amide bonds. The zero-order valence-corrected chi connectivity index (χ0v) is 14.2. The van der Waals surface area contributed by atoms with E-state index in [1.165, 1.54) is 5.56 Å². The van der Waals surface area contributed by atoms with Gasteiger partial charge in [0.15, 0.2) is 0 Å². The van der Waals surface area contributed by atoms with E-state index in [4.69, 9.17) is 0 Å². The molecule has 0 radical (unpaired) electrons. The summed E-state index contributed by atoms with van der Waals surface area (Å²) in [6, 6.07) is 14.4. The number of nitrogens with zero attached hydrogens (tertiary/aromatic N) is 2. The second-order valence-corrected chi connectivity index (χ2v) is 5.81. The molecule has 4 nitrogen and oxygen atoms in total. The first-order valence-electron chi connectivity index (χ1n) is 8.41. The molecular weight excluding hydrogens is 308 g/mol. The second-order valence-electron chi connectivity index (χ2n) is 5.81. The van der Waals surface area contributed by atoms with Crippen molar-refractivity contribution in [1.29, 1.82) is 0 Å². The molecule has 4 heteroatoms. The fraction of sp³-hybridized carbons (Fsp3) is 0.143. The molecule has 2 N–H and O–H groups in total. The molecule has 0 fully saturated rings. The second kappa shape index (κ2) is 8.64. The summed E-state index contributed by atoms with van der Waals surface area (Å²) in [7, 11) is 0. The van der Waals surface area contributed by atoms with Crippen LogP contribution in [0.15, 0.2) is 67.6 Å². The van der Waals surface area contributed by atoms with Gasteiger partial charge in [0, 0.05) is 24.5 Å². The van der Waals surface area contributed by atoms with E-state index in [1.807, 2.05) is 36.5 Å². The van der Waals surface area contributed by atoms with Gasteiger partial charge in [0.1, 0.15) is 0 Å². The van der Waals surface area contributed by atoms with Crippen LogP contribution >= 0.6 is 0 Å². The molecule has 0 aliphatic heterocycles. The predicted octanol–water partition coefficient (Wildman–Crippen LogP) is 4.17. The highest BCUT2D eigenvalue weighted by molar-refractivity contribution is 5.76. The first-order valence-corrected chi connectivity index (χ1v) is 8.41. The van der Waals surface area contributed by atoms with Crippen molar-refractivity contribution in [2.45, 2.75) is 12.8 Å². The quantitative estimate of drug-likeness (QED) is 0.610. The first kappa shape index (κ1) is 16.7. The molecule has 25 heavy (non-hydrogen) atoms. The Morgan fingerprint density at radius 2 is 1.96 bits per heavy atom. The number of aromatic nitrogens is 3. The van der Waals surface area contributed by atoms with Gasteiger partial charge in [-0.05, 0) is 30.0 Å². The Morgan fingerprint density at radius 3 is 2.76 bits per heavy atom. The van der Waals surface area contributed by atoms with Crippen LogP contribution in [-0.4, -0.2) is 21.7 Å². The number of nitrogens with one attached hydrogen (secondary N) is 2. The van der Waals surface area contributed by atoms with Gasteiger partial charge in [-0.2, -0.15) is 5.10 Å². The Balaban J connectivity index is 1.53. The van der Waals surface area contributed by atoms with Crippen LogP contribution in [0, 0.1) is 0 Å². The van der Waals surface area contributed by atoms with Crippen LogP contribution in [0.1, 0.15) is 28.8 Å². The summed E-state index contributed by atoms with van der Waals surface area (Å²) in [6.07, 6.45) is 11.5. The van der Waals surface area contributed by atoms with Crippen LogP contribution in [0.25, 0.3) is 17.8 Å². The lowest BCUT2D eigenvalue weighted by molar-refractivity contribution is 0.760. The van der Waals surface area contributed by atoms with Gasteiger partial charge in [-0.25, -0.2) is 0 Å². The molecule has 1 aromatic carbocycles. The number of aromatic amines is 1. The van der Waals surface area contributed by atoms with E-state index in [-0.39, 0.29) is 0 Å². The third-order valence-corrected chi connectivity index (χ3v) is 3.93. The number of pyridine rings is 1. The number of hydrogen-bond donors (Lipinski definition) is 2. The van der Waals surface area contributed by atoms with Crippen LogP contribution in [0.4, 0.5) is 0 Å². The highest BCUT2D eigenvalue weighted by Gasteiger charge is 2.06. The number of rotatable bonds is 8. The lowest BCUT2D eigenvalue weighted by atomic mass is 10.1. The summed E-state index contributed by atoms with van der Waals surface area (Å²) >= 11 is 0. The molecule has 0 atom stereocenters. The normalized spacial score (nSPS) is 10.9. The molecule has 0 bridgehead atoms. The highest BCUT2D eigenvalue weighted by atomic mass is 15.1. The molecule has 2 aromatic heterocycles. The third-order valence-electron chi connectivity index (χ3n) is 3.93. The molecule has 126 valence electrons. The standard InChI is InChI=1S/C21H22N4/c1-17(23-14-6-9-18-7-3-2-4-8-18)21-20(16-24-25-21)12-11-19-10-5-13-22-15-19/h2-5,7-8,10-13,15-16,23H,1,6,9,14H2,(H,24,25)/b12-11+. The summed E-state index contributed by atoms with van der Waals surface area (Å²) in [5.74, 6) is 0.